The molecule has 2 aromatic rings. The summed E-state index contributed by atoms with van der Waals surface area (Å²) in [6.45, 7) is 4.41. The highest BCUT2D eigenvalue weighted by Gasteiger charge is 2.09. The summed E-state index contributed by atoms with van der Waals surface area (Å²) in [5, 5.41) is 3.42. The number of benzene rings is 1. The third-order valence-corrected chi connectivity index (χ3v) is 3.11. The van der Waals surface area contributed by atoms with Crippen LogP contribution in [0.2, 0.25) is 0 Å². The molecule has 0 amide bonds. The minimum Gasteiger partial charge on any atom is -0.370 e. The number of nitrogens with zero attached hydrogens (tertiary/aromatic N) is 2. The molecule has 0 unspecified atom stereocenters. The van der Waals surface area contributed by atoms with Crippen molar-refractivity contribution < 1.29 is 0 Å². The Balaban J connectivity index is 1.91. The zero-order valence-electron chi connectivity index (χ0n) is 9.24. The highest BCUT2D eigenvalue weighted by molar-refractivity contribution is 5.79. The van der Waals surface area contributed by atoms with Gasteiger partial charge in [0, 0.05) is 25.3 Å². The number of hydrogen-bond acceptors (Lipinski definition) is 3. The van der Waals surface area contributed by atoms with Crippen LogP contribution < -0.4 is 10.2 Å². The summed E-state index contributed by atoms with van der Waals surface area (Å²) in [7, 11) is 0. The monoisotopic (exact) mass is 216 g/mol. The van der Waals surface area contributed by atoms with Gasteiger partial charge in [-0.1, -0.05) is 0 Å². The minimum absolute atomic E-state index is 1.04. The Labute approximate surface area is 94.7 Å². The number of fused-ring (bicyclic) bond motifs is 1. The van der Waals surface area contributed by atoms with E-state index < -0.39 is 0 Å². The van der Waals surface area contributed by atoms with Crippen molar-refractivity contribution >= 4 is 16.7 Å². The molecule has 1 saturated heterocycles. The zero-order chi connectivity index (χ0) is 10.8. The average Bonchev–Trinajstić information content (AvgIpc) is 2.61. The van der Waals surface area contributed by atoms with Crippen molar-refractivity contribution in [1.82, 2.24) is 15.3 Å². The van der Waals surface area contributed by atoms with Crippen LogP contribution >= 0.6 is 0 Å². The fraction of sp³-hybridized carbons (Fsp3) is 0.417. The summed E-state index contributed by atoms with van der Waals surface area (Å²) >= 11 is 0. The predicted octanol–water partition coefficient (Wildman–Crippen LogP) is 1.36. The summed E-state index contributed by atoms with van der Waals surface area (Å²) in [4.78, 5) is 9.83. The molecule has 1 aliphatic heterocycles. The highest BCUT2D eigenvalue weighted by Crippen LogP contribution is 2.20. The van der Waals surface area contributed by atoms with Crippen molar-refractivity contribution in [2.75, 3.05) is 31.1 Å². The number of aromatic nitrogens is 2. The zero-order valence-corrected chi connectivity index (χ0v) is 9.24. The van der Waals surface area contributed by atoms with Crippen LogP contribution in [-0.2, 0) is 0 Å². The van der Waals surface area contributed by atoms with Crippen LogP contribution in [0.5, 0.6) is 0 Å². The van der Waals surface area contributed by atoms with Crippen molar-refractivity contribution in [1.29, 1.82) is 0 Å². The van der Waals surface area contributed by atoms with Crippen molar-refractivity contribution in [3.63, 3.8) is 0 Å². The number of hydrogen-bond donors (Lipinski definition) is 2. The minimum atomic E-state index is 1.04. The molecule has 0 aliphatic carbocycles. The van der Waals surface area contributed by atoms with Gasteiger partial charge in [-0.2, -0.15) is 0 Å². The van der Waals surface area contributed by atoms with Gasteiger partial charge in [0.2, 0.25) is 0 Å². The maximum Gasteiger partial charge on any atom is 0.0931 e. The molecule has 1 aromatic heterocycles. The van der Waals surface area contributed by atoms with Gasteiger partial charge in [-0.3, -0.25) is 0 Å². The number of aromatic amines is 1. The van der Waals surface area contributed by atoms with Crippen LogP contribution in [0.25, 0.3) is 11.0 Å². The van der Waals surface area contributed by atoms with E-state index in [1.54, 1.807) is 6.33 Å². The molecule has 0 bridgehead atoms. The lowest BCUT2D eigenvalue weighted by Crippen LogP contribution is -2.27. The van der Waals surface area contributed by atoms with Gasteiger partial charge in [-0.25, -0.2) is 4.98 Å². The van der Waals surface area contributed by atoms with Crippen molar-refractivity contribution in [2.24, 2.45) is 0 Å². The smallest absolute Gasteiger partial charge is 0.0931 e. The third kappa shape index (κ3) is 1.76. The van der Waals surface area contributed by atoms with Gasteiger partial charge in [0.1, 0.15) is 0 Å². The van der Waals surface area contributed by atoms with Crippen LogP contribution in [-0.4, -0.2) is 36.1 Å². The first-order valence-electron chi connectivity index (χ1n) is 5.82. The fourth-order valence-electron chi connectivity index (χ4n) is 2.22. The van der Waals surface area contributed by atoms with E-state index in [4.69, 9.17) is 0 Å². The molecule has 1 aliphatic rings. The molecule has 16 heavy (non-hydrogen) atoms. The maximum absolute atomic E-state index is 4.24. The van der Waals surface area contributed by atoms with Crippen molar-refractivity contribution in [2.45, 2.75) is 6.42 Å². The Morgan fingerprint density at radius 3 is 3.19 bits per heavy atom. The average molecular weight is 216 g/mol. The van der Waals surface area contributed by atoms with Crippen LogP contribution in [0.3, 0.4) is 0 Å². The van der Waals surface area contributed by atoms with E-state index in [0.717, 1.165) is 37.2 Å². The summed E-state index contributed by atoms with van der Waals surface area (Å²) in [5.41, 5.74) is 3.45. The lowest BCUT2D eigenvalue weighted by atomic mass is 10.2. The summed E-state index contributed by atoms with van der Waals surface area (Å²) in [5.74, 6) is 0. The third-order valence-electron chi connectivity index (χ3n) is 3.11. The fourth-order valence-corrected chi connectivity index (χ4v) is 2.22. The Morgan fingerprint density at radius 1 is 1.19 bits per heavy atom. The SMILES string of the molecule is c1nc2ccc(N3CCCNCC3)cc2[nH]1. The molecule has 0 atom stereocenters. The molecule has 1 fully saturated rings. The van der Waals surface area contributed by atoms with Gasteiger partial charge in [0.15, 0.2) is 0 Å². The normalized spacial score (nSPS) is 17.6. The number of rotatable bonds is 1. The lowest BCUT2D eigenvalue weighted by molar-refractivity contribution is 0.724. The molecular weight excluding hydrogens is 200 g/mol. The van der Waals surface area contributed by atoms with E-state index in [-0.39, 0.29) is 0 Å². The van der Waals surface area contributed by atoms with Crippen molar-refractivity contribution in [3.8, 4) is 0 Å². The largest absolute Gasteiger partial charge is 0.370 e. The molecule has 3 rings (SSSR count). The molecular formula is C12H16N4. The molecule has 0 saturated carbocycles. The topological polar surface area (TPSA) is 44.0 Å². The second-order valence-corrected chi connectivity index (χ2v) is 4.19. The number of nitrogens with one attached hydrogen (secondary N) is 2. The second-order valence-electron chi connectivity index (χ2n) is 4.19. The van der Waals surface area contributed by atoms with Crippen molar-refractivity contribution in [3.05, 3.63) is 24.5 Å². The summed E-state index contributed by atoms with van der Waals surface area (Å²) < 4.78 is 0. The van der Waals surface area contributed by atoms with Crippen LogP contribution in [0.4, 0.5) is 5.69 Å². The Kier molecular flexibility index (Phi) is 2.50. The number of imidazole rings is 1. The van der Waals surface area contributed by atoms with Gasteiger partial charge in [-0.05, 0) is 31.2 Å². The molecule has 2 N–H and O–H groups in total. The Hall–Kier alpha value is -1.55. The summed E-state index contributed by atoms with van der Waals surface area (Å²) in [6, 6.07) is 6.43. The lowest BCUT2D eigenvalue weighted by Gasteiger charge is -2.22. The van der Waals surface area contributed by atoms with Crippen LogP contribution in [0.1, 0.15) is 6.42 Å². The van der Waals surface area contributed by atoms with Gasteiger partial charge >= 0.3 is 0 Å². The van der Waals surface area contributed by atoms with E-state index in [1.807, 2.05) is 0 Å². The number of anilines is 1. The van der Waals surface area contributed by atoms with E-state index >= 15 is 0 Å². The molecule has 1 aromatic carbocycles. The van der Waals surface area contributed by atoms with E-state index in [1.165, 1.54) is 12.1 Å². The molecule has 2 heterocycles. The van der Waals surface area contributed by atoms with Gasteiger partial charge in [-0.15, -0.1) is 0 Å². The van der Waals surface area contributed by atoms with Crippen LogP contribution in [0, 0.1) is 0 Å². The first kappa shape index (κ1) is 9.66. The second kappa shape index (κ2) is 4.14. The first-order chi connectivity index (χ1) is 7.93. The first-order valence-corrected chi connectivity index (χ1v) is 5.82. The van der Waals surface area contributed by atoms with E-state index in [9.17, 15) is 0 Å². The molecule has 4 heteroatoms. The van der Waals surface area contributed by atoms with Gasteiger partial charge < -0.3 is 15.2 Å². The summed E-state index contributed by atoms with van der Waals surface area (Å²) in [6.07, 6.45) is 2.96. The standard InChI is InChI=1S/C12H16N4/c1-4-13-5-7-16(6-1)10-2-3-11-12(8-10)15-9-14-11/h2-3,8-9,13H,1,4-7H2,(H,14,15). The van der Waals surface area contributed by atoms with E-state index in [0.29, 0.717) is 0 Å². The molecule has 0 spiro atoms. The molecule has 84 valence electrons. The Bertz CT molecular complexity index is 469. The highest BCUT2D eigenvalue weighted by atomic mass is 15.2. The Morgan fingerprint density at radius 2 is 2.19 bits per heavy atom. The van der Waals surface area contributed by atoms with Gasteiger partial charge in [0.25, 0.3) is 0 Å². The maximum atomic E-state index is 4.24. The number of H-pyrrole nitrogens is 1. The quantitative estimate of drug-likeness (QED) is 0.756. The molecule has 0 radical (unpaired) electrons. The van der Waals surface area contributed by atoms with Gasteiger partial charge in [0.05, 0.1) is 17.4 Å². The van der Waals surface area contributed by atoms with E-state index in [2.05, 4.69) is 38.4 Å². The van der Waals surface area contributed by atoms with Crippen LogP contribution in [0.15, 0.2) is 24.5 Å². The predicted molar refractivity (Wildman–Crippen MR) is 65.8 cm³/mol. The molecule has 4 nitrogen and oxygen atoms in total.